The molecular weight excluding hydrogens is 601 g/mol. The van der Waals surface area contributed by atoms with E-state index in [1.165, 1.54) is 46.8 Å². The molecule has 0 aromatic heterocycles. The SMILES string of the molecule is C=CC(=O)SCC1CSC(CSC(C)c2ccc(C(C)SCC3SCC(CSC(=O)C=C)S3)cc2)S1. The van der Waals surface area contributed by atoms with E-state index in [-0.39, 0.29) is 10.2 Å². The van der Waals surface area contributed by atoms with Crippen molar-refractivity contribution < 1.29 is 9.59 Å². The predicted octanol–water partition coefficient (Wildman–Crippen LogP) is 8.52. The van der Waals surface area contributed by atoms with Crippen molar-refractivity contribution in [2.75, 3.05) is 34.5 Å². The van der Waals surface area contributed by atoms with Gasteiger partial charge in [-0.1, -0.05) is 60.9 Å². The molecule has 2 fully saturated rings. The number of thioether (sulfide) groups is 8. The maximum atomic E-state index is 11.5. The van der Waals surface area contributed by atoms with Gasteiger partial charge in [-0.05, 0) is 37.1 Å². The molecule has 36 heavy (non-hydrogen) atoms. The van der Waals surface area contributed by atoms with Gasteiger partial charge in [0.15, 0.2) is 0 Å². The van der Waals surface area contributed by atoms with Crippen LogP contribution in [0.4, 0.5) is 0 Å². The lowest BCUT2D eigenvalue weighted by Gasteiger charge is -2.17. The van der Waals surface area contributed by atoms with Gasteiger partial charge in [0.05, 0.1) is 9.16 Å². The molecule has 2 heterocycles. The summed E-state index contributed by atoms with van der Waals surface area (Å²) in [7, 11) is 0. The molecule has 2 nitrogen and oxygen atoms in total. The minimum Gasteiger partial charge on any atom is -0.282 e. The van der Waals surface area contributed by atoms with Crippen LogP contribution in [-0.2, 0) is 9.59 Å². The Kier molecular flexibility index (Phi) is 14.7. The molecule has 198 valence electrons. The van der Waals surface area contributed by atoms with Crippen LogP contribution in [0.15, 0.2) is 49.6 Å². The average molecular weight is 635 g/mol. The first kappa shape index (κ1) is 31.4. The van der Waals surface area contributed by atoms with E-state index in [4.69, 9.17) is 0 Å². The predicted molar refractivity (Wildman–Crippen MR) is 179 cm³/mol. The zero-order valence-corrected chi connectivity index (χ0v) is 27.2. The van der Waals surface area contributed by atoms with Crippen LogP contribution in [0.2, 0.25) is 0 Å². The summed E-state index contributed by atoms with van der Waals surface area (Å²) in [6, 6.07) is 9.23. The minimum absolute atomic E-state index is 0.0843. The number of carbonyl (C=O) groups excluding carboxylic acids is 2. The Morgan fingerprint density at radius 3 is 1.56 bits per heavy atom. The van der Waals surface area contributed by atoms with Gasteiger partial charge in [0.1, 0.15) is 0 Å². The molecule has 0 bridgehead atoms. The second-order valence-corrected chi connectivity index (χ2v) is 19.2. The fourth-order valence-electron chi connectivity index (χ4n) is 3.51. The van der Waals surface area contributed by atoms with Gasteiger partial charge >= 0.3 is 0 Å². The van der Waals surface area contributed by atoms with Crippen molar-refractivity contribution in [3.8, 4) is 0 Å². The summed E-state index contributed by atoms with van der Waals surface area (Å²) >= 11 is 15.0. The van der Waals surface area contributed by atoms with Crippen molar-refractivity contribution in [2.24, 2.45) is 0 Å². The molecule has 1 aromatic rings. The molecule has 0 radical (unpaired) electrons. The third kappa shape index (κ3) is 10.8. The monoisotopic (exact) mass is 634 g/mol. The highest BCUT2D eigenvalue weighted by molar-refractivity contribution is 8.23. The zero-order valence-electron chi connectivity index (χ0n) is 20.7. The first-order valence-corrected chi connectivity index (χ1v) is 19.9. The molecule has 0 aliphatic carbocycles. The fourth-order valence-corrected chi connectivity index (χ4v) is 15.0. The van der Waals surface area contributed by atoms with Gasteiger partial charge < -0.3 is 0 Å². The summed E-state index contributed by atoms with van der Waals surface area (Å²) < 4.78 is 1.23. The molecule has 0 saturated carbocycles. The van der Waals surface area contributed by atoms with Crippen LogP contribution >= 0.6 is 94.1 Å². The second-order valence-electron chi connectivity index (χ2n) is 8.33. The topological polar surface area (TPSA) is 34.1 Å². The van der Waals surface area contributed by atoms with Gasteiger partial charge in [-0.25, -0.2) is 0 Å². The highest BCUT2D eigenvalue weighted by Crippen LogP contribution is 2.44. The summed E-state index contributed by atoms with van der Waals surface area (Å²) in [6.07, 6.45) is 2.83. The highest BCUT2D eigenvalue weighted by Gasteiger charge is 2.28. The van der Waals surface area contributed by atoms with E-state index < -0.39 is 0 Å². The Bertz CT molecular complexity index is 806. The molecule has 2 aliphatic heterocycles. The standard InChI is InChI=1S/C26H34O2S8/c1-5-23(27)31-11-21-13-33-25(35-21)15-29-17(3)19-7-9-20(10-8-19)18(4)30-16-26-34-14-22(36-26)12-32-24(28)6-2/h5-10,17-18,21-22,25-26H,1-2,11-16H2,3-4H3. The molecule has 6 atom stereocenters. The molecule has 6 unspecified atom stereocenters. The third-order valence-corrected chi connectivity index (χ3v) is 18.1. The summed E-state index contributed by atoms with van der Waals surface area (Å²) in [5.74, 6) is 6.34. The first-order chi connectivity index (χ1) is 17.4. The summed E-state index contributed by atoms with van der Waals surface area (Å²) in [6.45, 7) is 11.7. The van der Waals surface area contributed by atoms with Crippen LogP contribution in [-0.4, -0.2) is 64.4 Å². The first-order valence-electron chi connectivity index (χ1n) is 11.8. The van der Waals surface area contributed by atoms with Crippen LogP contribution in [0.3, 0.4) is 0 Å². The Morgan fingerprint density at radius 2 is 1.19 bits per heavy atom. The quantitative estimate of drug-likeness (QED) is 0.186. The molecule has 0 amide bonds. The Balaban J connectivity index is 1.34. The van der Waals surface area contributed by atoms with Crippen LogP contribution in [0, 0.1) is 0 Å². The maximum absolute atomic E-state index is 11.5. The Labute approximate surface area is 251 Å². The fraction of sp³-hybridized carbons (Fsp3) is 0.538. The Morgan fingerprint density at radius 1 is 0.806 bits per heavy atom. The summed E-state index contributed by atoms with van der Waals surface area (Å²) in [4.78, 5) is 22.9. The van der Waals surface area contributed by atoms with Crippen LogP contribution in [0.5, 0.6) is 0 Å². The van der Waals surface area contributed by atoms with Crippen LogP contribution in [0.1, 0.15) is 35.5 Å². The van der Waals surface area contributed by atoms with Gasteiger partial charge in [0, 0.05) is 55.5 Å². The average Bonchev–Trinajstić information content (AvgIpc) is 3.56. The Hall–Kier alpha value is 0.840. The van der Waals surface area contributed by atoms with Gasteiger partial charge in [-0.15, -0.1) is 47.0 Å². The van der Waals surface area contributed by atoms with Crippen molar-refractivity contribution in [1.29, 1.82) is 0 Å². The summed E-state index contributed by atoms with van der Waals surface area (Å²) in [5, 5.41) is 2.26. The third-order valence-electron chi connectivity index (χ3n) is 5.62. The van der Waals surface area contributed by atoms with Crippen molar-refractivity contribution >= 4 is 104 Å². The van der Waals surface area contributed by atoms with E-state index in [9.17, 15) is 9.59 Å². The molecular formula is C26H34O2S8. The smallest absolute Gasteiger partial charge is 0.211 e. The lowest BCUT2D eigenvalue weighted by atomic mass is 10.1. The molecule has 3 rings (SSSR count). The van der Waals surface area contributed by atoms with Crippen molar-refractivity contribution in [2.45, 2.75) is 44.0 Å². The molecule has 0 N–H and O–H groups in total. The van der Waals surface area contributed by atoms with Gasteiger partial charge in [-0.2, -0.15) is 23.5 Å². The molecule has 2 saturated heterocycles. The van der Waals surface area contributed by atoms with Crippen LogP contribution in [0.25, 0.3) is 0 Å². The van der Waals surface area contributed by atoms with Crippen LogP contribution < -0.4 is 0 Å². The van der Waals surface area contributed by atoms with Gasteiger partial charge in [0.25, 0.3) is 0 Å². The van der Waals surface area contributed by atoms with E-state index in [0.717, 1.165) is 34.5 Å². The molecule has 2 aliphatic rings. The number of hydrogen-bond donors (Lipinski definition) is 0. The van der Waals surface area contributed by atoms with E-state index in [0.29, 0.717) is 30.2 Å². The van der Waals surface area contributed by atoms with Gasteiger partial charge in [0.2, 0.25) is 10.2 Å². The lowest BCUT2D eigenvalue weighted by molar-refractivity contribution is -0.107. The molecule has 0 spiro atoms. The number of rotatable bonds is 14. The number of benzene rings is 1. The van der Waals surface area contributed by atoms with Crippen molar-refractivity contribution in [3.05, 3.63) is 60.7 Å². The maximum Gasteiger partial charge on any atom is 0.211 e. The minimum atomic E-state index is 0.0843. The number of hydrogen-bond acceptors (Lipinski definition) is 10. The van der Waals surface area contributed by atoms with E-state index >= 15 is 0 Å². The van der Waals surface area contributed by atoms with E-state index in [1.54, 1.807) is 0 Å². The largest absolute Gasteiger partial charge is 0.282 e. The molecule has 10 heteroatoms. The number of carbonyl (C=O) groups is 2. The van der Waals surface area contributed by atoms with Gasteiger partial charge in [-0.3, -0.25) is 9.59 Å². The second kappa shape index (κ2) is 16.8. The van der Waals surface area contributed by atoms with E-state index in [1.807, 2.05) is 70.6 Å². The summed E-state index contributed by atoms with van der Waals surface area (Å²) in [5.41, 5.74) is 2.79. The lowest BCUT2D eigenvalue weighted by Crippen LogP contribution is -2.07. The molecule has 1 aromatic carbocycles. The highest BCUT2D eigenvalue weighted by atomic mass is 32.2. The van der Waals surface area contributed by atoms with Crippen molar-refractivity contribution in [1.82, 2.24) is 0 Å². The normalized spacial score (nSPS) is 25.4. The zero-order chi connectivity index (χ0) is 25.9. The van der Waals surface area contributed by atoms with Crippen molar-refractivity contribution in [3.63, 3.8) is 0 Å². The van der Waals surface area contributed by atoms with E-state index in [2.05, 4.69) is 51.3 Å².